The molecule has 0 heterocycles. The third-order valence-electron chi connectivity index (χ3n) is 3.30. The summed E-state index contributed by atoms with van der Waals surface area (Å²) in [5, 5.41) is 18.9. The maximum Gasteiger partial charge on any atom is 0.0550 e. The van der Waals surface area contributed by atoms with Gasteiger partial charge in [0.25, 0.3) is 0 Å². The van der Waals surface area contributed by atoms with E-state index >= 15 is 0 Å². The van der Waals surface area contributed by atoms with Crippen LogP contribution in [0.2, 0.25) is 0 Å². The van der Waals surface area contributed by atoms with Gasteiger partial charge in [0.05, 0.1) is 13.2 Å². The van der Waals surface area contributed by atoms with Gasteiger partial charge in [0.2, 0.25) is 0 Å². The molecule has 2 rings (SSSR count). The SMILES string of the molecule is OCC1(CO)CCCc2ccccc21. The summed E-state index contributed by atoms with van der Waals surface area (Å²) in [6.07, 6.45) is 3.01. The predicted octanol–water partition coefficient (Wildman–Crippen LogP) is 1.25. The molecule has 2 heteroatoms. The summed E-state index contributed by atoms with van der Waals surface area (Å²) in [4.78, 5) is 0. The monoisotopic (exact) mass is 192 g/mol. The van der Waals surface area contributed by atoms with Crippen LogP contribution in [0.15, 0.2) is 24.3 Å². The Balaban J connectivity index is 2.48. The molecule has 0 saturated carbocycles. The second-order valence-corrected chi connectivity index (χ2v) is 4.11. The first-order chi connectivity index (χ1) is 6.82. The highest BCUT2D eigenvalue weighted by atomic mass is 16.3. The van der Waals surface area contributed by atoms with Crippen molar-refractivity contribution in [3.05, 3.63) is 35.4 Å². The van der Waals surface area contributed by atoms with Crippen LogP contribution in [-0.4, -0.2) is 23.4 Å². The van der Waals surface area contributed by atoms with E-state index in [4.69, 9.17) is 0 Å². The molecule has 2 N–H and O–H groups in total. The molecule has 1 aromatic carbocycles. The first-order valence-electron chi connectivity index (χ1n) is 5.12. The Morgan fingerprint density at radius 1 is 1.14 bits per heavy atom. The number of aliphatic hydroxyl groups is 2. The lowest BCUT2D eigenvalue weighted by Crippen LogP contribution is -2.38. The normalized spacial score (nSPS) is 19.0. The van der Waals surface area contributed by atoms with Crippen molar-refractivity contribution in [2.24, 2.45) is 0 Å². The Kier molecular flexibility index (Phi) is 2.57. The molecule has 1 aliphatic carbocycles. The molecule has 0 saturated heterocycles. The number of aliphatic hydroxyl groups excluding tert-OH is 2. The molecule has 0 unspecified atom stereocenters. The largest absolute Gasteiger partial charge is 0.395 e. The molecular weight excluding hydrogens is 176 g/mol. The fourth-order valence-electron chi connectivity index (χ4n) is 2.39. The molecule has 0 aliphatic heterocycles. The van der Waals surface area contributed by atoms with E-state index in [-0.39, 0.29) is 13.2 Å². The van der Waals surface area contributed by atoms with Crippen molar-refractivity contribution in [1.29, 1.82) is 0 Å². The molecule has 0 aromatic heterocycles. The van der Waals surface area contributed by atoms with Crippen molar-refractivity contribution >= 4 is 0 Å². The molecule has 2 nitrogen and oxygen atoms in total. The van der Waals surface area contributed by atoms with Crippen molar-refractivity contribution < 1.29 is 10.2 Å². The van der Waals surface area contributed by atoms with Crippen LogP contribution >= 0.6 is 0 Å². The number of hydrogen-bond acceptors (Lipinski definition) is 2. The van der Waals surface area contributed by atoms with Crippen molar-refractivity contribution in [3.63, 3.8) is 0 Å². The second-order valence-electron chi connectivity index (χ2n) is 4.11. The van der Waals surface area contributed by atoms with Gasteiger partial charge in [-0.1, -0.05) is 24.3 Å². The van der Waals surface area contributed by atoms with Gasteiger partial charge in [-0.15, -0.1) is 0 Å². The van der Waals surface area contributed by atoms with Crippen LogP contribution < -0.4 is 0 Å². The summed E-state index contributed by atoms with van der Waals surface area (Å²) in [6.45, 7) is 0.0844. The van der Waals surface area contributed by atoms with Gasteiger partial charge >= 0.3 is 0 Å². The minimum Gasteiger partial charge on any atom is -0.395 e. The number of benzene rings is 1. The topological polar surface area (TPSA) is 40.5 Å². The standard InChI is InChI=1S/C12H16O2/c13-8-12(9-14)7-3-5-10-4-1-2-6-11(10)12/h1-2,4,6,13-14H,3,5,7-9H2. The van der Waals surface area contributed by atoms with Crippen LogP contribution in [0, 0.1) is 0 Å². The predicted molar refractivity (Wildman–Crippen MR) is 55.2 cm³/mol. The smallest absolute Gasteiger partial charge is 0.0550 e. The first kappa shape index (κ1) is 9.69. The van der Waals surface area contributed by atoms with Crippen LogP contribution in [0.3, 0.4) is 0 Å². The van der Waals surface area contributed by atoms with Crippen molar-refractivity contribution in [1.82, 2.24) is 0 Å². The summed E-state index contributed by atoms with van der Waals surface area (Å²) >= 11 is 0. The minimum atomic E-state index is -0.394. The zero-order chi connectivity index (χ0) is 10.0. The molecule has 0 radical (unpaired) electrons. The minimum absolute atomic E-state index is 0.0422. The zero-order valence-electron chi connectivity index (χ0n) is 8.24. The lowest BCUT2D eigenvalue weighted by molar-refractivity contribution is 0.102. The van der Waals surface area contributed by atoms with Gasteiger partial charge < -0.3 is 10.2 Å². The number of aryl methyl sites for hydroxylation is 1. The first-order valence-corrected chi connectivity index (χ1v) is 5.12. The Labute approximate surface area is 84.2 Å². The van der Waals surface area contributed by atoms with Gasteiger partial charge in [-0.2, -0.15) is 0 Å². The van der Waals surface area contributed by atoms with Crippen LogP contribution in [0.25, 0.3) is 0 Å². The van der Waals surface area contributed by atoms with E-state index in [1.165, 1.54) is 5.56 Å². The van der Waals surface area contributed by atoms with E-state index in [1.54, 1.807) is 0 Å². The van der Waals surface area contributed by atoms with E-state index in [0.29, 0.717) is 0 Å². The van der Waals surface area contributed by atoms with E-state index in [2.05, 4.69) is 6.07 Å². The van der Waals surface area contributed by atoms with Crippen LogP contribution in [0.1, 0.15) is 24.0 Å². The van der Waals surface area contributed by atoms with Gasteiger partial charge in [-0.05, 0) is 30.4 Å². The number of fused-ring (bicyclic) bond motifs is 1. The van der Waals surface area contributed by atoms with Gasteiger partial charge in [0.1, 0.15) is 0 Å². The molecule has 0 bridgehead atoms. The Hall–Kier alpha value is -0.860. The van der Waals surface area contributed by atoms with Crippen LogP contribution in [0.4, 0.5) is 0 Å². The average molecular weight is 192 g/mol. The Morgan fingerprint density at radius 3 is 2.57 bits per heavy atom. The second kappa shape index (κ2) is 3.71. The summed E-state index contributed by atoms with van der Waals surface area (Å²) in [7, 11) is 0. The number of rotatable bonds is 2. The Bertz CT molecular complexity index is 316. The van der Waals surface area contributed by atoms with Crippen LogP contribution in [-0.2, 0) is 11.8 Å². The molecule has 0 spiro atoms. The van der Waals surface area contributed by atoms with E-state index < -0.39 is 5.41 Å². The maximum absolute atomic E-state index is 9.43. The maximum atomic E-state index is 9.43. The van der Waals surface area contributed by atoms with Gasteiger partial charge in [0, 0.05) is 5.41 Å². The molecule has 0 amide bonds. The highest BCUT2D eigenvalue weighted by Crippen LogP contribution is 2.36. The van der Waals surface area contributed by atoms with Crippen molar-refractivity contribution in [3.8, 4) is 0 Å². The summed E-state index contributed by atoms with van der Waals surface area (Å²) in [5.41, 5.74) is 2.02. The summed E-state index contributed by atoms with van der Waals surface area (Å²) < 4.78 is 0. The lowest BCUT2D eigenvalue weighted by Gasteiger charge is -2.36. The molecule has 1 aromatic rings. The van der Waals surface area contributed by atoms with Gasteiger partial charge in [0.15, 0.2) is 0 Å². The molecule has 0 fully saturated rings. The fraction of sp³-hybridized carbons (Fsp3) is 0.500. The molecule has 0 atom stereocenters. The van der Waals surface area contributed by atoms with E-state index in [9.17, 15) is 10.2 Å². The molecule has 14 heavy (non-hydrogen) atoms. The molecule has 76 valence electrons. The fourth-order valence-corrected chi connectivity index (χ4v) is 2.39. The average Bonchev–Trinajstić information content (AvgIpc) is 2.28. The number of hydrogen-bond donors (Lipinski definition) is 2. The molecule has 1 aliphatic rings. The van der Waals surface area contributed by atoms with Gasteiger partial charge in [-0.3, -0.25) is 0 Å². The van der Waals surface area contributed by atoms with Crippen molar-refractivity contribution in [2.75, 3.05) is 13.2 Å². The summed E-state index contributed by atoms with van der Waals surface area (Å²) in [5.74, 6) is 0. The van der Waals surface area contributed by atoms with Crippen molar-refractivity contribution in [2.45, 2.75) is 24.7 Å². The zero-order valence-corrected chi connectivity index (χ0v) is 8.24. The Morgan fingerprint density at radius 2 is 1.86 bits per heavy atom. The van der Waals surface area contributed by atoms with E-state index in [1.807, 2.05) is 18.2 Å². The van der Waals surface area contributed by atoms with Gasteiger partial charge in [-0.25, -0.2) is 0 Å². The van der Waals surface area contributed by atoms with E-state index in [0.717, 1.165) is 24.8 Å². The summed E-state index contributed by atoms with van der Waals surface area (Å²) in [6, 6.07) is 8.11. The molecular formula is C12H16O2. The lowest BCUT2D eigenvalue weighted by atomic mass is 9.71. The highest BCUT2D eigenvalue weighted by molar-refractivity contribution is 5.37. The highest BCUT2D eigenvalue weighted by Gasteiger charge is 2.34. The quantitative estimate of drug-likeness (QED) is 0.740. The third-order valence-corrected chi connectivity index (χ3v) is 3.30. The van der Waals surface area contributed by atoms with Crippen LogP contribution in [0.5, 0.6) is 0 Å². The third kappa shape index (κ3) is 1.35.